The third-order valence-electron chi connectivity index (χ3n) is 5.71. The molecule has 2 aliphatic rings. The van der Waals surface area contributed by atoms with Crippen molar-refractivity contribution in [3.05, 3.63) is 81.9 Å². The standard InChI is InChI=1S/C23H20Cl2N2O3/c1-14-7-6-10-17-20(14)23(30)27(22(17)29)26(13-15-8-2-4-11-18(15)24)21(28)16-9-3-5-12-19(16)25/h2-9,11-12,14,17,20H,10,13H2,1H3/t14-,17-,20-/m1/s1. The van der Waals surface area contributed by atoms with E-state index < -0.39 is 17.7 Å². The van der Waals surface area contributed by atoms with Gasteiger partial charge in [0.25, 0.3) is 17.7 Å². The summed E-state index contributed by atoms with van der Waals surface area (Å²) < 4.78 is 0. The van der Waals surface area contributed by atoms with E-state index in [0.29, 0.717) is 17.0 Å². The van der Waals surface area contributed by atoms with Gasteiger partial charge in [0.15, 0.2) is 0 Å². The Morgan fingerprint density at radius 1 is 1.03 bits per heavy atom. The second-order valence-electron chi connectivity index (χ2n) is 7.58. The highest BCUT2D eigenvalue weighted by atomic mass is 35.5. The number of rotatable bonds is 4. The maximum Gasteiger partial charge on any atom is 0.274 e. The largest absolute Gasteiger partial charge is 0.274 e. The van der Waals surface area contributed by atoms with E-state index in [1.165, 1.54) is 5.01 Å². The molecule has 0 radical (unpaired) electrons. The summed E-state index contributed by atoms with van der Waals surface area (Å²) in [6.07, 6.45) is 4.36. The van der Waals surface area contributed by atoms with Crippen LogP contribution in [0, 0.1) is 17.8 Å². The second-order valence-corrected chi connectivity index (χ2v) is 8.39. The first-order chi connectivity index (χ1) is 14.4. The number of carbonyl (C=O) groups is 3. The number of fused-ring (bicyclic) bond motifs is 1. The van der Waals surface area contributed by atoms with Gasteiger partial charge < -0.3 is 0 Å². The molecule has 7 heteroatoms. The summed E-state index contributed by atoms with van der Waals surface area (Å²) in [5.41, 5.74) is 0.842. The lowest BCUT2D eigenvalue weighted by molar-refractivity contribution is -0.155. The Morgan fingerprint density at radius 3 is 2.37 bits per heavy atom. The molecule has 1 heterocycles. The number of hydrogen-bond acceptors (Lipinski definition) is 3. The minimum atomic E-state index is -0.526. The molecule has 0 saturated carbocycles. The first-order valence-electron chi connectivity index (χ1n) is 9.74. The number of allylic oxidation sites excluding steroid dienone is 2. The van der Waals surface area contributed by atoms with Gasteiger partial charge in [0.1, 0.15) is 0 Å². The van der Waals surface area contributed by atoms with Gasteiger partial charge in [0.2, 0.25) is 0 Å². The molecule has 0 unspecified atom stereocenters. The summed E-state index contributed by atoms with van der Waals surface area (Å²) in [4.78, 5) is 40.0. The highest BCUT2D eigenvalue weighted by Gasteiger charge is 2.53. The van der Waals surface area contributed by atoms with E-state index in [9.17, 15) is 14.4 Å². The topological polar surface area (TPSA) is 57.7 Å². The highest BCUT2D eigenvalue weighted by Crippen LogP contribution is 2.40. The van der Waals surface area contributed by atoms with Crippen LogP contribution < -0.4 is 0 Å². The number of amides is 3. The molecule has 2 aromatic carbocycles. The van der Waals surface area contributed by atoms with E-state index in [-0.39, 0.29) is 34.9 Å². The normalized spacial score (nSPS) is 22.9. The third-order valence-corrected chi connectivity index (χ3v) is 6.41. The zero-order valence-electron chi connectivity index (χ0n) is 16.3. The van der Waals surface area contributed by atoms with Gasteiger partial charge in [-0.2, -0.15) is 5.01 Å². The van der Waals surface area contributed by atoms with Gasteiger partial charge in [-0.05, 0) is 36.1 Å². The van der Waals surface area contributed by atoms with Crippen molar-refractivity contribution in [3.8, 4) is 0 Å². The van der Waals surface area contributed by atoms with Crippen LogP contribution in [0.25, 0.3) is 0 Å². The first-order valence-corrected chi connectivity index (χ1v) is 10.5. The summed E-state index contributed by atoms with van der Waals surface area (Å²) in [7, 11) is 0. The Morgan fingerprint density at radius 2 is 1.70 bits per heavy atom. The van der Waals surface area contributed by atoms with Crippen LogP contribution in [-0.2, 0) is 16.1 Å². The Labute approximate surface area is 184 Å². The van der Waals surface area contributed by atoms with Gasteiger partial charge in [-0.3, -0.25) is 14.4 Å². The molecular formula is C23H20Cl2N2O3. The number of nitrogens with zero attached hydrogens (tertiary/aromatic N) is 2. The van der Waals surface area contributed by atoms with Gasteiger partial charge in [0, 0.05) is 5.02 Å². The molecule has 30 heavy (non-hydrogen) atoms. The van der Waals surface area contributed by atoms with Gasteiger partial charge in [-0.1, -0.05) is 72.6 Å². The molecule has 1 aliphatic carbocycles. The van der Waals surface area contributed by atoms with Crippen molar-refractivity contribution in [2.24, 2.45) is 17.8 Å². The molecule has 3 atom stereocenters. The lowest BCUT2D eigenvalue weighted by atomic mass is 9.78. The van der Waals surface area contributed by atoms with Crippen molar-refractivity contribution in [1.82, 2.24) is 10.0 Å². The average molecular weight is 443 g/mol. The number of carbonyl (C=O) groups excluding carboxylic acids is 3. The van der Waals surface area contributed by atoms with Crippen molar-refractivity contribution in [1.29, 1.82) is 0 Å². The number of imide groups is 1. The van der Waals surface area contributed by atoms with Gasteiger partial charge in [-0.25, -0.2) is 5.01 Å². The Balaban J connectivity index is 1.77. The number of hydrogen-bond donors (Lipinski definition) is 0. The summed E-state index contributed by atoms with van der Waals surface area (Å²) in [6, 6.07) is 13.6. The molecule has 2 aromatic rings. The van der Waals surface area contributed by atoms with Gasteiger partial charge in [-0.15, -0.1) is 0 Å². The predicted octanol–water partition coefficient (Wildman–Crippen LogP) is 4.75. The van der Waals surface area contributed by atoms with Crippen LogP contribution in [0.3, 0.4) is 0 Å². The monoisotopic (exact) mass is 442 g/mol. The van der Waals surface area contributed by atoms with E-state index >= 15 is 0 Å². The molecule has 5 nitrogen and oxygen atoms in total. The molecule has 3 amide bonds. The van der Waals surface area contributed by atoms with E-state index in [4.69, 9.17) is 23.2 Å². The molecular weight excluding hydrogens is 423 g/mol. The summed E-state index contributed by atoms with van der Waals surface area (Å²) in [5.74, 6) is -2.28. The van der Waals surface area contributed by atoms with Gasteiger partial charge >= 0.3 is 0 Å². The molecule has 0 bridgehead atoms. The van der Waals surface area contributed by atoms with E-state index in [0.717, 1.165) is 5.01 Å². The van der Waals surface area contributed by atoms with E-state index in [2.05, 4.69) is 0 Å². The first kappa shape index (κ1) is 20.6. The van der Waals surface area contributed by atoms with Gasteiger partial charge in [0.05, 0.1) is 29.0 Å². The predicted molar refractivity (Wildman–Crippen MR) is 115 cm³/mol. The van der Waals surface area contributed by atoms with Crippen LogP contribution in [0.4, 0.5) is 0 Å². The van der Waals surface area contributed by atoms with Crippen molar-refractivity contribution in [2.45, 2.75) is 19.9 Å². The van der Waals surface area contributed by atoms with Crippen LogP contribution in [0.5, 0.6) is 0 Å². The minimum absolute atomic E-state index is 0.0253. The molecule has 0 aromatic heterocycles. The fourth-order valence-corrected chi connectivity index (χ4v) is 4.58. The maximum atomic E-state index is 13.5. The fourth-order valence-electron chi connectivity index (χ4n) is 4.16. The highest BCUT2D eigenvalue weighted by molar-refractivity contribution is 6.34. The van der Waals surface area contributed by atoms with Crippen LogP contribution in [0.1, 0.15) is 29.3 Å². The average Bonchev–Trinajstić information content (AvgIpc) is 2.99. The van der Waals surface area contributed by atoms with Crippen LogP contribution >= 0.6 is 23.2 Å². The van der Waals surface area contributed by atoms with Crippen molar-refractivity contribution in [2.75, 3.05) is 0 Å². The smallest absolute Gasteiger partial charge is 0.272 e. The van der Waals surface area contributed by atoms with E-state index in [1.54, 1.807) is 48.5 Å². The molecule has 154 valence electrons. The minimum Gasteiger partial charge on any atom is -0.272 e. The molecule has 1 fully saturated rings. The second kappa shape index (κ2) is 8.25. The Kier molecular flexibility index (Phi) is 5.67. The molecule has 4 rings (SSSR count). The van der Waals surface area contributed by atoms with Crippen LogP contribution in [0.15, 0.2) is 60.7 Å². The zero-order chi connectivity index (χ0) is 21.4. The number of hydrazine groups is 1. The SMILES string of the molecule is C[C@@H]1C=CC[C@H]2C(=O)N(N(Cc3ccccc3Cl)C(=O)c3ccccc3Cl)C(=O)[C@H]12. The maximum absolute atomic E-state index is 13.5. The quantitative estimate of drug-likeness (QED) is 0.506. The van der Waals surface area contributed by atoms with Crippen molar-refractivity contribution in [3.63, 3.8) is 0 Å². The van der Waals surface area contributed by atoms with Crippen LogP contribution in [-0.4, -0.2) is 27.7 Å². The summed E-state index contributed by atoms with van der Waals surface area (Å²) >= 11 is 12.6. The third kappa shape index (κ3) is 3.53. The molecule has 0 N–H and O–H groups in total. The Bertz CT molecular complexity index is 1050. The fraction of sp³-hybridized carbons (Fsp3) is 0.261. The van der Waals surface area contributed by atoms with Crippen molar-refractivity contribution >= 4 is 40.9 Å². The summed E-state index contributed by atoms with van der Waals surface area (Å²) in [6.45, 7) is 1.89. The lowest BCUT2D eigenvalue weighted by Gasteiger charge is -2.31. The summed E-state index contributed by atoms with van der Waals surface area (Å²) in [5, 5.41) is 2.88. The van der Waals surface area contributed by atoms with Crippen LogP contribution in [0.2, 0.25) is 10.0 Å². The molecule has 1 saturated heterocycles. The van der Waals surface area contributed by atoms with E-state index in [1.807, 2.05) is 19.1 Å². The lowest BCUT2D eigenvalue weighted by Crippen LogP contribution is -2.50. The Hall–Kier alpha value is -2.63. The zero-order valence-corrected chi connectivity index (χ0v) is 17.8. The number of benzene rings is 2. The van der Waals surface area contributed by atoms with Crippen molar-refractivity contribution < 1.29 is 14.4 Å². The molecule has 0 spiro atoms. The molecule has 1 aliphatic heterocycles. The number of halogens is 2.